The Morgan fingerprint density at radius 1 is 1.33 bits per heavy atom. The number of nitrogens with zero attached hydrogens (tertiary/aromatic N) is 2. The average molecular weight is 206 g/mol. The third-order valence-corrected chi connectivity index (χ3v) is 2.14. The van der Waals surface area contributed by atoms with E-state index >= 15 is 0 Å². The van der Waals surface area contributed by atoms with E-state index in [0.717, 1.165) is 11.3 Å². The van der Waals surface area contributed by atoms with Crippen LogP contribution in [0.25, 0.3) is 11.4 Å². The Labute approximate surface area is 85.3 Å². The summed E-state index contributed by atoms with van der Waals surface area (Å²) in [5.74, 6) is -0.880. The Hall–Kier alpha value is -2.11. The Kier molecular flexibility index (Phi) is 2.24. The summed E-state index contributed by atoms with van der Waals surface area (Å²) in [6.45, 7) is 1.89. The van der Waals surface area contributed by atoms with Crippen LogP contribution in [0.1, 0.15) is 11.1 Å². The van der Waals surface area contributed by atoms with E-state index in [1.165, 1.54) is 6.20 Å². The molecule has 6 nitrogen and oxygen atoms in total. The Morgan fingerprint density at radius 2 is 2.00 bits per heavy atom. The molecule has 0 radical (unpaired) electrons. The molecule has 0 aromatic carbocycles. The average Bonchev–Trinajstić information content (AvgIpc) is 2.73. The van der Waals surface area contributed by atoms with E-state index in [2.05, 4.69) is 20.4 Å². The van der Waals surface area contributed by atoms with Gasteiger partial charge in [-0.1, -0.05) is 0 Å². The molecule has 2 heterocycles. The van der Waals surface area contributed by atoms with E-state index in [1.807, 2.05) is 6.92 Å². The van der Waals surface area contributed by atoms with Gasteiger partial charge < -0.3 is 5.11 Å². The summed E-state index contributed by atoms with van der Waals surface area (Å²) >= 11 is 0. The summed E-state index contributed by atoms with van der Waals surface area (Å²) in [7, 11) is 0. The number of aromatic nitrogens is 4. The molecule has 0 unspecified atom stereocenters. The highest BCUT2D eigenvalue weighted by Crippen LogP contribution is 2.21. The molecule has 0 atom stereocenters. The second-order valence-electron chi connectivity index (χ2n) is 3.27. The lowest BCUT2D eigenvalue weighted by molar-refractivity contribution is -0.136. The van der Waals surface area contributed by atoms with Crippen LogP contribution in [0.4, 0.5) is 0 Å². The van der Waals surface area contributed by atoms with Gasteiger partial charge in [0.2, 0.25) is 0 Å². The third-order valence-electron chi connectivity index (χ3n) is 2.14. The number of rotatable bonds is 3. The van der Waals surface area contributed by atoms with Gasteiger partial charge in [0.25, 0.3) is 0 Å². The maximum Gasteiger partial charge on any atom is 0.307 e. The monoisotopic (exact) mass is 206 g/mol. The Bertz CT molecular complexity index is 486. The van der Waals surface area contributed by atoms with Gasteiger partial charge in [0.1, 0.15) is 0 Å². The second-order valence-corrected chi connectivity index (χ2v) is 3.27. The molecule has 0 amide bonds. The van der Waals surface area contributed by atoms with Crippen LogP contribution in [0.3, 0.4) is 0 Å². The van der Waals surface area contributed by atoms with Gasteiger partial charge in [-0.15, -0.1) is 0 Å². The molecule has 0 bridgehead atoms. The molecule has 0 saturated heterocycles. The number of aromatic amines is 2. The van der Waals surface area contributed by atoms with Crippen LogP contribution in [0.5, 0.6) is 0 Å². The fraction of sp³-hybridized carbons (Fsp3) is 0.222. The molecule has 0 spiro atoms. The number of carbonyl (C=O) groups is 1. The second kappa shape index (κ2) is 3.56. The van der Waals surface area contributed by atoms with Gasteiger partial charge in [-0.05, 0) is 12.5 Å². The Morgan fingerprint density at radius 3 is 2.60 bits per heavy atom. The van der Waals surface area contributed by atoms with Crippen LogP contribution in [0, 0.1) is 6.92 Å². The normalized spacial score (nSPS) is 10.5. The molecule has 3 N–H and O–H groups in total. The number of hydrogen-bond donors (Lipinski definition) is 3. The number of carboxylic acid groups (broad SMARTS) is 1. The van der Waals surface area contributed by atoms with E-state index in [0.29, 0.717) is 11.3 Å². The summed E-state index contributed by atoms with van der Waals surface area (Å²) in [6, 6.07) is 0. The highest BCUT2D eigenvalue weighted by atomic mass is 16.4. The van der Waals surface area contributed by atoms with Crippen molar-refractivity contribution in [3.63, 3.8) is 0 Å². The van der Waals surface area contributed by atoms with Crippen LogP contribution in [0.2, 0.25) is 0 Å². The van der Waals surface area contributed by atoms with Gasteiger partial charge in [0, 0.05) is 5.56 Å². The largest absolute Gasteiger partial charge is 0.481 e. The van der Waals surface area contributed by atoms with Crippen LogP contribution < -0.4 is 0 Å². The summed E-state index contributed by atoms with van der Waals surface area (Å²) in [5, 5.41) is 22.0. The molecule has 2 aromatic heterocycles. The number of aryl methyl sites for hydroxylation is 1. The van der Waals surface area contributed by atoms with Crippen molar-refractivity contribution in [2.45, 2.75) is 13.3 Å². The summed E-state index contributed by atoms with van der Waals surface area (Å²) in [4.78, 5) is 10.6. The first-order valence-corrected chi connectivity index (χ1v) is 4.43. The molecular weight excluding hydrogens is 196 g/mol. The van der Waals surface area contributed by atoms with E-state index in [4.69, 9.17) is 5.11 Å². The maximum absolute atomic E-state index is 10.6. The van der Waals surface area contributed by atoms with Crippen molar-refractivity contribution < 1.29 is 9.90 Å². The quantitative estimate of drug-likeness (QED) is 0.690. The van der Waals surface area contributed by atoms with Gasteiger partial charge in [-0.3, -0.25) is 15.0 Å². The molecule has 0 saturated carbocycles. The fourth-order valence-corrected chi connectivity index (χ4v) is 1.42. The Balaban J connectivity index is 2.41. The van der Waals surface area contributed by atoms with Crippen LogP contribution >= 0.6 is 0 Å². The minimum atomic E-state index is -0.880. The van der Waals surface area contributed by atoms with Crippen molar-refractivity contribution in [3.8, 4) is 11.4 Å². The molecule has 0 aliphatic rings. The van der Waals surface area contributed by atoms with E-state index in [1.54, 1.807) is 6.20 Å². The minimum absolute atomic E-state index is 0.0513. The van der Waals surface area contributed by atoms with Crippen molar-refractivity contribution in [1.29, 1.82) is 0 Å². The first kappa shape index (κ1) is 9.45. The lowest BCUT2D eigenvalue weighted by atomic mass is 10.1. The summed E-state index contributed by atoms with van der Waals surface area (Å²) in [5.41, 5.74) is 3.07. The van der Waals surface area contributed by atoms with Crippen molar-refractivity contribution in [2.75, 3.05) is 0 Å². The lowest BCUT2D eigenvalue weighted by Crippen LogP contribution is -2.00. The molecule has 2 aromatic rings. The topological polar surface area (TPSA) is 94.7 Å². The zero-order chi connectivity index (χ0) is 10.8. The first-order chi connectivity index (χ1) is 7.18. The molecule has 0 aliphatic carbocycles. The zero-order valence-corrected chi connectivity index (χ0v) is 8.11. The number of nitrogens with one attached hydrogen (secondary N) is 2. The van der Waals surface area contributed by atoms with Crippen LogP contribution in [0.15, 0.2) is 12.4 Å². The summed E-state index contributed by atoms with van der Waals surface area (Å²) in [6.07, 6.45) is 3.15. The van der Waals surface area contributed by atoms with E-state index in [-0.39, 0.29) is 6.42 Å². The van der Waals surface area contributed by atoms with E-state index in [9.17, 15) is 4.79 Å². The molecule has 78 valence electrons. The zero-order valence-electron chi connectivity index (χ0n) is 8.11. The highest BCUT2D eigenvalue weighted by molar-refractivity contribution is 5.74. The number of carboxylic acids is 1. The van der Waals surface area contributed by atoms with Crippen molar-refractivity contribution in [3.05, 3.63) is 23.5 Å². The smallest absolute Gasteiger partial charge is 0.307 e. The minimum Gasteiger partial charge on any atom is -0.481 e. The molecular formula is C9H10N4O2. The van der Waals surface area contributed by atoms with Gasteiger partial charge >= 0.3 is 5.97 Å². The van der Waals surface area contributed by atoms with Gasteiger partial charge in [0.05, 0.1) is 30.2 Å². The predicted octanol–water partition coefficient (Wildman–Crippen LogP) is 0.735. The molecule has 6 heteroatoms. The molecule has 15 heavy (non-hydrogen) atoms. The van der Waals surface area contributed by atoms with Crippen molar-refractivity contribution >= 4 is 5.97 Å². The van der Waals surface area contributed by atoms with Gasteiger partial charge in [-0.25, -0.2) is 0 Å². The predicted molar refractivity (Wildman–Crippen MR) is 52.2 cm³/mol. The number of H-pyrrole nitrogens is 2. The maximum atomic E-state index is 10.6. The van der Waals surface area contributed by atoms with Gasteiger partial charge in [-0.2, -0.15) is 10.2 Å². The van der Waals surface area contributed by atoms with Crippen LogP contribution in [-0.4, -0.2) is 31.5 Å². The van der Waals surface area contributed by atoms with Crippen molar-refractivity contribution in [1.82, 2.24) is 20.4 Å². The molecule has 0 aliphatic heterocycles. The standard InChI is InChI=1S/C9H10N4O2/c1-5-3-10-12-8(5)9-6(2-7(14)15)4-11-13-9/h3-4H,2H2,1H3,(H,10,12)(H,11,13)(H,14,15). The first-order valence-electron chi connectivity index (χ1n) is 4.43. The van der Waals surface area contributed by atoms with E-state index < -0.39 is 5.97 Å². The third kappa shape index (κ3) is 1.74. The lowest BCUT2D eigenvalue weighted by Gasteiger charge is -1.98. The number of hydrogen-bond acceptors (Lipinski definition) is 3. The number of aliphatic carboxylic acids is 1. The van der Waals surface area contributed by atoms with Gasteiger partial charge in [0.15, 0.2) is 0 Å². The van der Waals surface area contributed by atoms with Crippen molar-refractivity contribution in [2.24, 2.45) is 0 Å². The fourth-order valence-electron chi connectivity index (χ4n) is 1.42. The van der Waals surface area contributed by atoms with Crippen LogP contribution in [-0.2, 0) is 11.2 Å². The summed E-state index contributed by atoms with van der Waals surface area (Å²) < 4.78 is 0. The highest BCUT2D eigenvalue weighted by Gasteiger charge is 2.13. The molecule has 0 fully saturated rings. The SMILES string of the molecule is Cc1cn[nH]c1-c1[nH]ncc1CC(=O)O. The molecule has 2 rings (SSSR count).